The Balaban J connectivity index is 1.95. The minimum atomic E-state index is 0.721. The molecular formula is C12H18N2S. The van der Waals surface area contributed by atoms with Crippen LogP contribution in [0.25, 0.3) is 0 Å². The molecule has 2 nitrogen and oxygen atoms in total. The second-order valence-corrected chi connectivity index (χ2v) is 5.69. The topological polar surface area (TPSA) is 38.9 Å². The van der Waals surface area contributed by atoms with Crippen LogP contribution in [0.4, 0.5) is 5.69 Å². The van der Waals surface area contributed by atoms with Crippen LogP contribution in [0.1, 0.15) is 32.6 Å². The van der Waals surface area contributed by atoms with Gasteiger partial charge in [0.15, 0.2) is 0 Å². The molecule has 82 valence electrons. The van der Waals surface area contributed by atoms with Gasteiger partial charge in [-0.25, -0.2) is 4.98 Å². The number of thioether (sulfide) groups is 1. The summed E-state index contributed by atoms with van der Waals surface area (Å²) >= 11 is 1.86. The molecule has 1 aliphatic carbocycles. The van der Waals surface area contributed by atoms with Gasteiger partial charge in [0.1, 0.15) is 5.03 Å². The van der Waals surface area contributed by atoms with Crippen molar-refractivity contribution in [2.45, 2.75) is 42.9 Å². The normalized spacial score (nSPS) is 26.5. The SMILES string of the molecule is CC1CCC(Sc2ncccc2N)CC1. The van der Waals surface area contributed by atoms with E-state index in [4.69, 9.17) is 5.73 Å². The maximum absolute atomic E-state index is 5.88. The van der Waals surface area contributed by atoms with Crippen molar-refractivity contribution in [2.24, 2.45) is 5.92 Å². The molecule has 0 radical (unpaired) electrons. The van der Waals surface area contributed by atoms with Crippen molar-refractivity contribution >= 4 is 17.4 Å². The first-order chi connectivity index (χ1) is 7.25. The highest BCUT2D eigenvalue weighted by Gasteiger charge is 2.20. The lowest BCUT2D eigenvalue weighted by Gasteiger charge is -2.25. The lowest BCUT2D eigenvalue weighted by atomic mass is 9.91. The molecule has 1 saturated carbocycles. The van der Waals surface area contributed by atoms with Crippen molar-refractivity contribution in [3.8, 4) is 0 Å². The van der Waals surface area contributed by atoms with Crippen LogP contribution in [0.15, 0.2) is 23.4 Å². The number of anilines is 1. The summed E-state index contributed by atoms with van der Waals surface area (Å²) in [7, 11) is 0. The first-order valence-corrected chi connectivity index (χ1v) is 6.51. The van der Waals surface area contributed by atoms with E-state index in [0.29, 0.717) is 0 Å². The van der Waals surface area contributed by atoms with E-state index in [-0.39, 0.29) is 0 Å². The van der Waals surface area contributed by atoms with Crippen molar-refractivity contribution in [1.82, 2.24) is 4.98 Å². The number of pyridine rings is 1. The molecule has 1 aliphatic rings. The molecule has 0 saturated heterocycles. The molecule has 2 N–H and O–H groups in total. The Labute approximate surface area is 95.7 Å². The van der Waals surface area contributed by atoms with Gasteiger partial charge in [0, 0.05) is 11.4 Å². The highest BCUT2D eigenvalue weighted by molar-refractivity contribution is 8.00. The Bertz CT molecular complexity index is 319. The second kappa shape index (κ2) is 4.88. The molecule has 3 heteroatoms. The predicted molar refractivity (Wildman–Crippen MR) is 65.9 cm³/mol. The Morgan fingerprint density at radius 2 is 2.07 bits per heavy atom. The summed E-state index contributed by atoms with van der Waals surface area (Å²) in [4.78, 5) is 4.33. The van der Waals surface area contributed by atoms with Crippen molar-refractivity contribution < 1.29 is 0 Å². The van der Waals surface area contributed by atoms with E-state index in [9.17, 15) is 0 Å². The van der Waals surface area contributed by atoms with Gasteiger partial charge in [-0.1, -0.05) is 6.92 Å². The summed E-state index contributed by atoms with van der Waals surface area (Å²) in [5, 5.41) is 1.73. The van der Waals surface area contributed by atoms with Crippen LogP contribution in [0.3, 0.4) is 0 Å². The molecule has 1 aromatic rings. The van der Waals surface area contributed by atoms with E-state index < -0.39 is 0 Å². The van der Waals surface area contributed by atoms with Gasteiger partial charge in [-0.15, -0.1) is 11.8 Å². The van der Waals surface area contributed by atoms with Crippen molar-refractivity contribution in [1.29, 1.82) is 0 Å². The Morgan fingerprint density at radius 3 is 2.73 bits per heavy atom. The largest absolute Gasteiger partial charge is 0.397 e. The quantitative estimate of drug-likeness (QED) is 0.834. The van der Waals surface area contributed by atoms with Gasteiger partial charge in [-0.3, -0.25) is 0 Å². The van der Waals surface area contributed by atoms with Crippen molar-refractivity contribution in [3.63, 3.8) is 0 Å². The van der Waals surface area contributed by atoms with Crippen LogP contribution >= 0.6 is 11.8 Å². The van der Waals surface area contributed by atoms with E-state index in [1.807, 2.05) is 30.1 Å². The molecule has 0 bridgehead atoms. The van der Waals surface area contributed by atoms with E-state index in [1.165, 1.54) is 25.7 Å². The predicted octanol–water partition coefficient (Wildman–Crippen LogP) is 3.33. The van der Waals surface area contributed by atoms with Crippen LogP contribution in [0, 0.1) is 5.92 Å². The molecule has 1 fully saturated rings. The number of aromatic nitrogens is 1. The zero-order valence-electron chi connectivity index (χ0n) is 9.15. The van der Waals surface area contributed by atoms with Gasteiger partial charge in [0.05, 0.1) is 5.69 Å². The lowest BCUT2D eigenvalue weighted by Crippen LogP contribution is -2.14. The molecule has 0 amide bonds. The summed E-state index contributed by atoms with van der Waals surface area (Å²) in [6.45, 7) is 2.34. The molecule has 0 spiro atoms. The van der Waals surface area contributed by atoms with Crippen LogP contribution in [0.2, 0.25) is 0 Å². The molecule has 0 aliphatic heterocycles. The van der Waals surface area contributed by atoms with Gasteiger partial charge in [0.2, 0.25) is 0 Å². The zero-order chi connectivity index (χ0) is 10.7. The van der Waals surface area contributed by atoms with Crippen molar-refractivity contribution in [2.75, 3.05) is 5.73 Å². The summed E-state index contributed by atoms with van der Waals surface area (Å²) in [5.74, 6) is 0.905. The summed E-state index contributed by atoms with van der Waals surface area (Å²) < 4.78 is 0. The molecule has 1 aromatic heterocycles. The van der Waals surface area contributed by atoms with Crippen molar-refractivity contribution in [3.05, 3.63) is 18.3 Å². The number of nitrogens with two attached hydrogens (primary N) is 1. The highest BCUT2D eigenvalue weighted by Crippen LogP contribution is 2.36. The van der Waals surface area contributed by atoms with E-state index in [1.54, 1.807) is 0 Å². The second-order valence-electron chi connectivity index (χ2n) is 4.40. The third kappa shape index (κ3) is 2.88. The fourth-order valence-corrected chi connectivity index (χ4v) is 3.16. The van der Waals surface area contributed by atoms with Crippen LogP contribution in [-0.4, -0.2) is 10.2 Å². The fraction of sp³-hybridized carbons (Fsp3) is 0.583. The number of nitrogen functional groups attached to an aromatic ring is 1. The summed E-state index contributed by atoms with van der Waals surface area (Å²) in [6, 6.07) is 3.82. The third-order valence-electron chi connectivity index (χ3n) is 3.04. The number of hydrogen-bond acceptors (Lipinski definition) is 3. The van der Waals surface area contributed by atoms with Gasteiger partial charge in [-0.05, 0) is 43.7 Å². The summed E-state index contributed by atoms with van der Waals surface area (Å²) in [5.41, 5.74) is 6.70. The third-order valence-corrected chi connectivity index (χ3v) is 4.41. The zero-order valence-corrected chi connectivity index (χ0v) is 9.96. The van der Waals surface area contributed by atoms with Gasteiger partial charge >= 0.3 is 0 Å². The Morgan fingerprint density at radius 1 is 1.33 bits per heavy atom. The van der Waals surface area contributed by atoms with Crippen LogP contribution in [-0.2, 0) is 0 Å². The molecule has 0 unspecified atom stereocenters. The number of hydrogen-bond donors (Lipinski definition) is 1. The minimum absolute atomic E-state index is 0.721. The van der Waals surface area contributed by atoms with Gasteiger partial charge < -0.3 is 5.73 Å². The molecule has 0 aromatic carbocycles. The van der Waals surface area contributed by atoms with Gasteiger partial charge in [0.25, 0.3) is 0 Å². The number of nitrogens with zero attached hydrogens (tertiary/aromatic N) is 1. The van der Waals surface area contributed by atoms with Gasteiger partial charge in [-0.2, -0.15) is 0 Å². The first-order valence-electron chi connectivity index (χ1n) is 5.63. The maximum Gasteiger partial charge on any atom is 0.119 e. The van der Waals surface area contributed by atoms with Crippen LogP contribution < -0.4 is 5.73 Å². The molecular weight excluding hydrogens is 204 g/mol. The number of rotatable bonds is 2. The highest BCUT2D eigenvalue weighted by atomic mass is 32.2. The average Bonchev–Trinajstić information content (AvgIpc) is 2.25. The fourth-order valence-electron chi connectivity index (χ4n) is 2.01. The van der Waals surface area contributed by atoms with E-state index >= 15 is 0 Å². The van der Waals surface area contributed by atoms with E-state index in [0.717, 1.165) is 21.9 Å². The summed E-state index contributed by atoms with van der Waals surface area (Å²) in [6.07, 6.45) is 7.14. The monoisotopic (exact) mass is 222 g/mol. The Hall–Kier alpha value is -0.700. The molecule has 2 rings (SSSR count). The minimum Gasteiger partial charge on any atom is -0.397 e. The van der Waals surface area contributed by atoms with E-state index in [2.05, 4.69) is 11.9 Å². The molecule has 15 heavy (non-hydrogen) atoms. The molecule has 0 atom stereocenters. The lowest BCUT2D eigenvalue weighted by molar-refractivity contribution is 0.393. The standard InChI is InChI=1S/C12H18N2S/c1-9-4-6-10(7-5-9)15-12-11(13)3-2-8-14-12/h2-3,8-10H,4-7,13H2,1H3. The van der Waals surface area contributed by atoms with Crippen LogP contribution in [0.5, 0.6) is 0 Å². The average molecular weight is 222 g/mol. The Kier molecular flexibility index (Phi) is 3.52. The first kappa shape index (κ1) is 10.8. The molecule has 1 heterocycles. The smallest absolute Gasteiger partial charge is 0.119 e. The maximum atomic E-state index is 5.88.